The Hall–Kier alpha value is -2.74. The minimum atomic E-state index is -3.94. The molecule has 0 aliphatic heterocycles. The van der Waals surface area contributed by atoms with E-state index in [9.17, 15) is 13.2 Å². The van der Waals surface area contributed by atoms with Crippen molar-refractivity contribution in [1.29, 1.82) is 0 Å². The van der Waals surface area contributed by atoms with E-state index in [1.165, 1.54) is 37.3 Å². The smallest absolute Gasteiger partial charge is 0.264 e. The van der Waals surface area contributed by atoms with Gasteiger partial charge in [0.15, 0.2) is 11.5 Å². The van der Waals surface area contributed by atoms with Crippen LogP contribution in [0.15, 0.2) is 53.4 Å². The molecule has 2 aromatic carbocycles. The number of benzene rings is 2. The number of amides is 1. The molecule has 2 aromatic rings. The van der Waals surface area contributed by atoms with Gasteiger partial charge in [-0.15, -0.1) is 0 Å². The van der Waals surface area contributed by atoms with Gasteiger partial charge in [-0.1, -0.05) is 18.2 Å². The van der Waals surface area contributed by atoms with Crippen LogP contribution in [0.5, 0.6) is 11.5 Å². The SMILES string of the molecule is COc1ccc(N(CC(=O)N(C)C)S(=O)(=O)c2ccccc2)cc1OC. The highest BCUT2D eigenvalue weighted by atomic mass is 32.2. The Bertz CT molecular complexity index is 866. The van der Waals surface area contributed by atoms with Crippen LogP contribution in [0.3, 0.4) is 0 Å². The Labute approximate surface area is 153 Å². The van der Waals surface area contributed by atoms with E-state index in [0.29, 0.717) is 17.2 Å². The van der Waals surface area contributed by atoms with Crippen molar-refractivity contribution >= 4 is 21.6 Å². The van der Waals surface area contributed by atoms with Crippen molar-refractivity contribution < 1.29 is 22.7 Å². The number of sulfonamides is 1. The maximum Gasteiger partial charge on any atom is 0.264 e. The van der Waals surface area contributed by atoms with Gasteiger partial charge in [-0.05, 0) is 24.3 Å². The molecule has 0 atom stereocenters. The second-order valence-electron chi connectivity index (χ2n) is 5.65. The van der Waals surface area contributed by atoms with Gasteiger partial charge in [0.2, 0.25) is 5.91 Å². The monoisotopic (exact) mass is 378 g/mol. The van der Waals surface area contributed by atoms with Gasteiger partial charge in [0, 0.05) is 20.2 Å². The average Bonchev–Trinajstić information content (AvgIpc) is 2.65. The molecule has 140 valence electrons. The Morgan fingerprint density at radius 3 is 2.12 bits per heavy atom. The molecule has 0 spiro atoms. The summed E-state index contributed by atoms with van der Waals surface area (Å²) in [6, 6.07) is 12.7. The van der Waals surface area contributed by atoms with E-state index in [0.717, 1.165) is 4.31 Å². The molecular formula is C18H22N2O5S. The summed E-state index contributed by atoms with van der Waals surface area (Å²) in [5.41, 5.74) is 0.307. The summed E-state index contributed by atoms with van der Waals surface area (Å²) in [6.07, 6.45) is 0. The lowest BCUT2D eigenvalue weighted by molar-refractivity contribution is -0.127. The van der Waals surface area contributed by atoms with Crippen LogP contribution in [0.4, 0.5) is 5.69 Å². The lowest BCUT2D eigenvalue weighted by Crippen LogP contribution is -2.40. The van der Waals surface area contributed by atoms with Crippen molar-refractivity contribution in [3.05, 3.63) is 48.5 Å². The second kappa shape index (κ2) is 8.09. The van der Waals surface area contributed by atoms with Gasteiger partial charge < -0.3 is 14.4 Å². The van der Waals surface area contributed by atoms with E-state index in [1.807, 2.05) is 0 Å². The minimum Gasteiger partial charge on any atom is -0.493 e. The first kappa shape index (κ1) is 19.6. The van der Waals surface area contributed by atoms with Crippen LogP contribution < -0.4 is 13.8 Å². The summed E-state index contributed by atoms with van der Waals surface area (Å²) in [6.45, 7) is -0.334. The summed E-state index contributed by atoms with van der Waals surface area (Å²) in [4.78, 5) is 13.7. The summed E-state index contributed by atoms with van der Waals surface area (Å²) in [5.74, 6) is 0.488. The van der Waals surface area contributed by atoms with Crippen molar-refractivity contribution in [2.45, 2.75) is 4.90 Å². The van der Waals surface area contributed by atoms with Crippen LogP contribution in [-0.4, -0.2) is 54.1 Å². The second-order valence-corrected chi connectivity index (χ2v) is 7.51. The first-order valence-electron chi connectivity index (χ1n) is 7.81. The standard InChI is InChI=1S/C18H22N2O5S/c1-19(2)18(21)13-20(26(22,23)15-8-6-5-7-9-15)14-10-11-16(24-3)17(12-14)25-4/h5-12H,13H2,1-4H3. The van der Waals surface area contributed by atoms with Crippen LogP contribution in [0, 0.1) is 0 Å². The van der Waals surface area contributed by atoms with Gasteiger partial charge >= 0.3 is 0 Å². The van der Waals surface area contributed by atoms with Gasteiger partial charge in [0.05, 0.1) is 24.8 Å². The van der Waals surface area contributed by atoms with E-state index in [4.69, 9.17) is 9.47 Å². The third-order valence-corrected chi connectivity index (χ3v) is 5.55. The zero-order chi connectivity index (χ0) is 19.3. The van der Waals surface area contributed by atoms with E-state index in [2.05, 4.69) is 0 Å². The number of rotatable bonds is 7. The first-order valence-corrected chi connectivity index (χ1v) is 9.25. The summed E-state index contributed by atoms with van der Waals surface area (Å²) in [7, 11) is 2.16. The number of hydrogen-bond acceptors (Lipinski definition) is 5. The molecule has 26 heavy (non-hydrogen) atoms. The Morgan fingerprint density at radius 1 is 0.962 bits per heavy atom. The van der Waals surface area contributed by atoms with Crippen LogP contribution in [0.2, 0.25) is 0 Å². The molecule has 2 rings (SSSR count). The zero-order valence-corrected chi connectivity index (χ0v) is 16.0. The largest absolute Gasteiger partial charge is 0.493 e. The van der Waals surface area contributed by atoms with Gasteiger partial charge in [-0.3, -0.25) is 9.10 Å². The molecular weight excluding hydrogens is 356 g/mol. The lowest BCUT2D eigenvalue weighted by Gasteiger charge is -2.26. The molecule has 0 saturated heterocycles. The van der Waals surface area contributed by atoms with Gasteiger partial charge in [0.25, 0.3) is 10.0 Å². The third-order valence-electron chi connectivity index (χ3n) is 3.76. The highest BCUT2D eigenvalue weighted by Gasteiger charge is 2.28. The number of carbonyl (C=O) groups is 1. The third kappa shape index (κ3) is 4.08. The molecule has 1 amide bonds. The summed E-state index contributed by atoms with van der Waals surface area (Å²) >= 11 is 0. The minimum absolute atomic E-state index is 0.0985. The fraction of sp³-hybridized carbons (Fsp3) is 0.278. The zero-order valence-electron chi connectivity index (χ0n) is 15.2. The molecule has 0 aliphatic rings. The number of ether oxygens (including phenoxy) is 2. The molecule has 0 bridgehead atoms. The molecule has 0 saturated carbocycles. The normalized spacial score (nSPS) is 10.9. The van der Waals surface area contributed by atoms with Crippen LogP contribution in [0.1, 0.15) is 0 Å². The van der Waals surface area contributed by atoms with E-state index < -0.39 is 10.0 Å². The molecule has 7 nitrogen and oxygen atoms in total. The Balaban J connectivity index is 2.57. The Kier molecular flexibility index (Phi) is 6.10. The van der Waals surface area contributed by atoms with Crippen LogP contribution in [0.25, 0.3) is 0 Å². The number of likely N-dealkylation sites (N-methyl/N-ethyl adjacent to an activating group) is 1. The summed E-state index contributed by atoms with van der Waals surface area (Å²) in [5, 5.41) is 0. The molecule has 0 aromatic heterocycles. The van der Waals surface area contributed by atoms with Crippen LogP contribution >= 0.6 is 0 Å². The van der Waals surface area contributed by atoms with Crippen molar-refractivity contribution in [2.75, 3.05) is 39.2 Å². The number of nitrogens with zero attached hydrogens (tertiary/aromatic N) is 2. The lowest BCUT2D eigenvalue weighted by atomic mass is 10.2. The van der Waals surface area contributed by atoms with Gasteiger partial charge in [-0.25, -0.2) is 8.42 Å². The van der Waals surface area contributed by atoms with Crippen molar-refractivity contribution in [3.8, 4) is 11.5 Å². The number of hydrogen-bond donors (Lipinski definition) is 0. The molecule has 0 radical (unpaired) electrons. The first-order chi connectivity index (χ1) is 12.3. The fourth-order valence-corrected chi connectivity index (χ4v) is 3.71. The number of anilines is 1. The molecule has 0 aliphatic carbocycles. The van der Waals surface area contributed by atoms with Gasteiger partial charge in [0.1, 0.15) is 6.54 Å². The van der Waals surface area contributed by atoms with Gasteiger partial charge in [-0.2, -0.15) is 0 Å². The topological polar surface area (TPSA) is 76.2 Å². The van der Waals surface area contributed by atoms with Crippen molar-refractivity contribution in [2.24, 2.45) is 0 Å². The van der Waals surface area contributed by atoms with Crippen molar-refractivity contribution in [1.82, 2.24) is 4.90 Å². The number of methoxy groups -OCH3 is 2. The molecule has 0 fully saturated rings. The quantitative estimate of drug-likeness (QED) is 0.736. The summed E-state index contributed by atoms with van der Waals surface area (Å²) < 4.78 is 37.8. The molecule has 0 unspecified atom stereocenters. The van der Waals surface area contributed by atoms with Crippen molar-refractivity contribution in [3.63, 3.8) is 0 Å². The maximum atomic E-state index is 13.1. The van der Waals surface area contributed by atoms with E-state index in [1.54, 1.807) is 44.4 Å². The van der Waals surface area contributed by atoms with E-state index >= 15 is 0 Å². The predicted molar refractivity (Wildman–Crippen MR) is 99.2 cm³/mol. The molecule has 8 heteroatoms. The van der Waals surface area contributed by atoms with E-state index in [-0.39, 0.29) is 17.3 Å². The van der Waals surface area contributed by atoms with Crippen LogP contribution in [-0.2, 0) is 14.8 Å². The number of carbonyl (C=O) groups excluding carboxylic acids is 1. The highest BCUT2D eigenvalue weighted by Crippen LogP contribution is 2.33. The fourth-order valence-electron chi connectivity index (χ4n) is 2.28. The maximum absolute atomic E-state index is 13.1. The predicted octanol–water partition coefficient (Wildman–Crippen LogP) is 1.99. The Morgan fingerprint density at radius 2 is 1.58 bits per heavy atom. The molecule has 0 N–H and O–H groups in total. The average molecular weight is 378 g/mol. The highest BCUT2D eigenvalue weighted by molar-refractivity contribution is 7.92. The molecule has 0 heterocycles.